The van der Waals surface area contributed by atoms with Gasteiger partial charge in [0.15, 0.2) is 0 Å². The lowest BCUT2D eigenvalue weighted by Gasteiger charge is -2.10. The summed E-state index contributed by atoms with van der Waals surface area (Å²) in [6, 6.07) is 19.9. The molecular formula is C23H19N5O2. The maximum absolute atomic E-state index is 12.5. The van der Waals surface area contributed by atoms with Crippen molar-refractivity contribution in [3.8, 4) is 17.0 Å². The van der Waals surface area contributed by atoms with Crippen molar-refractivity contribution < 1.29 is 9.53 Å². The van der Waals surface area contributed by atoms with Crippen LogP contribution in [0.15, 0.2) is 85.3 Å². The van der Waals surface area contributed by atoms with Crippen molar-refractivity contribution in [2.45, 2.75) is 0 Å². The van der Waals surface area contributed by atoms with E-state index in [1.54, 1.807) is 50.0 Å². The summed E-state index contributed by atoms with van der Waals surface area (Å²) in [5.74, 6) is 0.959. The lowest BCUT2D eigenvalue weighted by Crippen LogP contribution is -2.11. The first-order valence-electron chi connectivity index (χ1n) is 9.27. The monoisotopic (exact) mass is 397 g/mol. The summed E-state index contributed by atoms with van der Waals surface area (Å²) in [7, 11) is 1.59. The standard InChI is InChI=1S/C23H19N5O2/c1-30-20-7-5-17(6-8-20)22(29)26-18-3-2-4-19(15-18)27-23-25-14-11-21(28-23)16-9-12-24-13-10-16/h2-15H,1H3,(H,26,29)(H,25,27,28). The number of carbonyl (C=O) groups is 1. The third-order valence-corrected chi connectivity index (χ3v) is 4.36. The Morgan fingerprint density at radius 1 is 0.900 bits per heavy atom. The largest absolute Gasteiger partial charge is 0.497 e. The second kappa shape index (κ2) is 8.83. The topological polar surface area (TPSA) is 89.0 Å². The fourth-order valence-corrected chi connectivity index (χ4v) is 2.85. The molecule has 0 spiro atoms. The molecular weight excluding hydrogens is 378 g/mol. The summed E-state index contributed by atoms with van der Waals surface area (Å²) in [6.07, 6.45) is 5.14. The van der Waals surface area contributed by atoms with Gasteiger partial charge in [0.05, 0.1) is 12.8 Å². The number of nitrogens with zero attached hydrogens (tertiary/aromatic N) is 3. The van der Waals surface area contributed by atoms with Crippen molar-refractivity contribution in [3.05, 3.63) is 90.9 Å². The van der Waals surface area contributed by atoms with E-state index in [1.807, 2.05) is 42.5 Å². The first-order valence-corrected chi connectivity index (χ1v) is 9.27. The fourth-order valence-electron chi connectivity index (χ4n) is 2.85. The molecule has 0 atom stereocenters. The number of pyridine rings is 1. The highest BCUT2D eigenvalue weighted by Crippen LogP contribution is 2.21. The molecule has 7 nitrogen and oxygen atoms in total. The third-order valence-electron chi connectivity index (χ3n) is 4.36. The number of ether oxygens (including phenoxy) is 1. The molecule has 2 N–H and O–H groups in total. The van der Waals surface area contributed by atoms with Crippen LogP contribution in [0.1, 0.15) is 10.4 Å². The molecule has 0 aliphatic carbocycles. The van der Waals surface area contributed by atoms with Gasteiger partial charge in [-0.05, 0) is 60.7 Å². The predicted octanol–water partition coefficient (Wildman–Crippen LogP) is 4.54. The van der Waals surface area contributed by atoms with Gasteiger partial charge < -0.3 is 15.4 Å². The zero-order valence-corrected chi connectivity index (χ0v) is 16.2. The van der Waals surface area contributed by atoms with Crippen LogP contribution in [0.3, 0.4) is 0 Å². The second-order valence-corrected chi connectivity index (χ2v) is 6.39. The van der Waals surface area contributed by atoms with Crippen molar-refractivity contribution in [2.24, 2.45) is 0 Å². The van der Waals surface area contributed by atoms with Gasteiger partial charge in [-0.2, -0.15) is 0 Å². The Hall–Kier alpha value is -4.26. The Balaban J connectivity index is 1.48. The van der Waals surface area contributed by atoms with Gasteiger partial charge in [-0.1, -0.05) is 6.07 Å². The molecule has 1 amide bonds. The summed E-state index contributed by atoms with van der Waals surface area (Å²) >= 11 is 0. The summed E-state index contributed by atoms with van der Waals surface area (Å²) in [5.41, 5.74) is 3.71. The molecule has 0 aliphatic heterocycles. The van der Waals surface area contributed by atoms with Gasteiger partial charge >= 0.3 is 0 Å². The molecule has 0 unspecified atom stereocenters. The SMILES string of the molecule is COc1ccc(C(=O)Nc2cccc(Nc3nccc(-c4ccncc4)n3)c2)cc1. The number of hydrogen-bond donors (Lipinski definition) is 2. The highest BCUT2D eigenvalue weighted by atomic mass is 16.5. The van der Waals surface area contributed by atoms with E-state index in [9.17, 15) is 4.79 Å². The van der Waals surface area contributed by atoms with Gasteiger partial charge in [0.1, 0.15) is 5.75 Å². The molecule has 0 saturated heterocycles. The van der Waals surface area contributed by atoms with Gasteiger partial charge in [-0.25, -0.2) is 9.97 Å². The lowest BCUT2D eigenvalue weighted by molar-refractivity contribution is 0.102. The van der Waals surface area contributed by atoms with E-state index in [2.05, 4.69) is 25.6 Å². The van der Waals surface area contributed by atoms with Gasteiger partial charge in [0, 0.05) is 41.1 Å². The number of carbonyl (C=O) groups excluding carboxylic acids is 1. The van der Waals surface area contributed by atoms with Crippen molar-refractivity contribution in [1.82, 2.24) is 15.0 Å². The van der Waals surface area contributed by atoms with Crippen LogP contribution in [0.2, 0.25) is 0 Å². The average Bonchev–Trinajstić information content (AvgIpc) is 2.80. The van der Waals surface area contributed by atoms with E-state index in [4.69, 9.17) is 4.74 Å². The Bertz CT molecular complexity index is 1150. The minimum atomic E-state index is -0.203. The van der Waals surface area contributed by atoms with E-state index < -0.39 is 0 Å². The Morgan fingerprint density at radius 3 is 2.43 bits per heavy atom. The number of amides is 1. The molecule has 7 heteroatoms. The van der Waals surface area contributed by atoms with Gasteiger partial charge in [0.2, 0.25) is 5.95 Å². The normalized spacial score (nSPS) is 10.3. The van der Waals surface area contributed by atoms with E-state index in [0.29, 0.717) is 22.9 Å². The van der Waals surface area contributed by atoms with E-state index in [-0.39, 0.29) is 5.91 Å². The number of nitrogens with one attached hydrogen (secondary N) is 2. The minimum absolute atomic E-state index is 0.203. The van der Waals surface area contributed by atoms with Crippen LogP contribution >= 0.6 is 0 Å². The summed E-state index contributed by atoms with van der Waals surface area (Å²) in [5, 5.41) is 6.07. The second-order valence-electron chi connectivity index (χ2n) is 6.39. The zero-order valence-electron chi connectivity index (χ0n) is 16.2. The van der Waals surface area contributed by atoms with Gasteiger partial charge in [-0.3, -0.25) is 9.78 Å². The van der Waals surface area contributed by atoms with Crippen LogP contribution in [-0.4, -0.2) is 28.0 Å². The van der Waals surface area contributed by atoms with Crippen LogP contribution in [0, 0.1) is 0 Å². The molecule has 30 heavy (non-hydrogen) atoms. The molecule has 0 saturated carbocycles. The van der Waals surface area contributed by atoms with E-state index in [1.165, 1.54) is 0 Å². The van der Waals surface area contributed by atoms with Crippen LogP contribution < -0.4 is 15.4 Å². The molecule has 0 fully saturated rings. The summed E-state index contributed by atoms with van der Waals surface area (Å²) < 4.78 is 5.12. The molecule has 148 valence electrons. The number of hydrogen-bond acceptors (Lipinski definition) is 6. The van der Waals surface area contributed by atoms with Crippen molar-refractivity contribution in [1.29, 1.82) is 0 Å². The van der Waals surface area contributed by atoms with Crippen molar-refractivity contribution in [2.75, 3.05) is 17.7 Å². The fraction of sp³-hybridized carbons (Fsp3) is 0.0435. The minimum Gasteiger partial charge on any atom is -0.497 e. The first-order chi connectivity index (χ1) is 14.7. The quantitative estimate of drug-likeness (QED) is 0.496. The Kier molecular flexibility index (Phi) is 5.61. The summed E-state index contributed by atoms with van der Waals surface area (Å²) in [6.45, 7) is 0. The predicted molar refractivity (Wildman–Crippen MR) is 116 cm³/mol. The lowest BCUT2D eigenvalue weighted by atomic mass is 10.2. The number of rotatable bonds is 6. The van der Waals surface area contributed by atoms with Gasteiger partial charge in [0.25, 0.3) is 5.91 Å². The third kappa shape index (κ3) is 4.59. The van der Waals surface area contributed by atoms with Gasteiger partial charge in [-0.15, -0.1) is 0 Å². The molecule has 2 aromatic carbocycles. The number of benzene rings is 2. The first kappa shape index (κ1) is 19.1. The highest BCUT2D eigenvalue weighted by molar-refractivity contribution is 6.04. The van der Waals surface area contributed by atoms with Crippen LogP contribution in [-0.2, 0) is 0 Å². The average molecular weight is 397 g/mol. The molecule has 2 heterocycles. The van der Waals surface area contributed by atoms with E-state index in [0.717, 1.165) is 16.9 Å². The van der Waals surface area contributed by atoms with Crippen molar-refractivity contribution >= 4 is 23.2 Å². The maximum Gasteiger partial charge on any atom is 0.255 e. The maximum atomic E-state index is 12.5. The summed E-state index contributed by atoms with van der Waals surface area (Å²) in [4.78, 5) is 25.3. The molecule has 2 aromatic heterocycles. The number of anilines is 3. The Morgan fingerprint density at radius 2 is 1.67 bits per heavy atom. The number of methoxy groups -OCH3 is 1. The highest BCUT2D eigenvalue weighted by Gasteiger charge is 2.08. The van der Waals surface area contributed by atoms with Crippen LogP contribution in [0.4, 0.5) is 17.3 Å². The van der Waals surface area contributed by atoms with Crippen LogP contribution in [0.5, 0.6) is 5.75 Å². The molecule has 0 aliphatic rings. The Labute approximate surface area is 173 Å². The van der Waals surface area contributed by atoms with Crippen LogP contribution in [0.25, 0.3) is 11.3 Å². The molecule has 0 bridgehead atoms. The smallest absolute Gasteiger partial charge is 0.255 e. The number of aromatic nitrogens is 3. The zero-order chi connectivity index (χ0) is 20.8. The molecule has 0 radical (unpaired) electrons. The molecule has 4 rings (SSSR count). The molecule has 4 aromatic rings. The van der Waals surface area contributed by atoms with Crippen molar-refractivity contribution in [3.63, 3.8) is 0 Å². The van der Waals surface area contributed by atoms with E-state index >= 15 is 0 Å².